The lowest BCUT2D eigenvalue weighted by Gasteiger charge is -1.99. The first-order chi connectivity index (χ1) is 7.79. The van der Waals surface area contributed by atoms with Crippen LogP contribution in [0.5, 0.6) is 0 Å². The molecule has 1 aromatic heterocycles. The standard InChI is InChI=1S/C13H16N2O/c1-11-3-5-12(6-4-11)13-9-14-15(10-13)7-2-8-16/h3-6,9-10,16H,2,7-8H2,1H3. The van der Waals surface area contributed by atoms with Crippen LogP contribution in [0.2, 0.25) is 0 Å². The van der Waals surface area contributed by atoms with Gasteiger partial charge in [0.25, 0.3) is 0 Å². The van der Waals surface area contributed by atoms with Crippen LogP contribution in [0.15, 0.2) is 36.7 Å². The molecule has 84 valence electrons. The predicted octanol–water partition coefficient (Wildman–Crippen LogP) is 2.24. The maximum atomic E-state index is 8.74. The second-order valence-corrected chi connectivity index (χ2v) is 3.94. The topological polar surface area (TPSA) is 38.0 Å². The number of benzene rings is 1. The van der Waals surface area contributed by atoms with Gasteiger partial charge >= 0.3 is 0 Å². The fraction of sp³-hybridized carbons (Fsp3) is 0.308. The van der Waals surface area contributed by atoms with E-state index in [1.165, 1.54) is 11.1 Å². The Labute approximate surface area is 95.3 Å². The predicted molar refractivity (Wildman–Crippen MR) is 64.1 cm³/mol. The summed E-state index contributed by atoms with van der Waals surface area (Å²) >= 11 is 0. The van der Waals surface area contributed by atoms with Gasteiger partial charge in [-0.1, -0.05) is 29.8 Å². The Hall–Kier alpha value is -1.61. The molecule has 1 aromatic carbocycles. The van der Waals surface area contributed by atoms with E-state index in [0.717, 1.165) is 18.5 Å². The Morgan fingerprint density at radius 1 is 1.19 bits per heavy atom. The van der Waals surface area contributed by atoms with Gasteiger partial charge in [-0.15, -0.1) is 0 Å². The van der Waals surface area contributed by atoms with Crippen LogP contribution in [0.3, 0.4) is 0 Å². The minimum atomic E-state index is 0.208. The Bertz CT molecular complexity index is 445. The van der Waals surface area contributed by atoms with Crippen LogP contribution in [0.1, 0.15) is 12.0 Å². The molecule has 2 rings (SSSR count). The first-order valence-electron chi connectivity index (χ1n) is 5.50. The maximum absolute atomic E-state index is 8.74. The molecule has 0 aliphatic carbocycles. The molecule has 1 N–H and O–H groups in total. The summed E-state index contributed by atoms with van der Waals surface area (Å²) in [5.41, 5.74) is 3.57. The van der Waals surface area contributed by atoms with Crippen molar-refractivity contribution in [1.29, 1.82) is 0 Å². The highest BCUT2D eigenvalue weighted by atomic mass is 16.3. The number of hydrogen-bond donors (Lipinski definition) is 1. The van der Waals surface area contributed by atoms with E-state index in [9.17, 15) is 0 Å². The minimum Gasteiger partial charge on any atom is -0.396 e. The molecule has 3 heteroatoms. The van der Waals surface area contributed by atoms with Gasteiger partial charge in [-0.05, 0) is 18.9 Å². The summed E-state index contributed by atoms with van der Waals surface area (Å²) in [5.74, 6) is 0. The summed E-state index contributed by atoms with van der Waals surface area (Å²) in [6, 6.07) is 8.40. The van der Waals surface area contributed by atoms with Crippen LogP contribution in [-0.4, -0.2) is 21.5 Å². The van der Waals surface area contributed by atoms with Crippen molar-refractivity contribution in [2.45, 2.75) is 19.9 Å². The highest BCUT2D eigenvalue weighted by Crippen LogP contribution is 2.18. The Morgan fingerprint density at radius 2 is 1.94 bits per heavy atom. The molecular weight excluding hydrogens is 200 g/mol. The van der Waals surface area contributed by atoms with Gasteiger partial charge in [0, 0.05) is 24.9 Å². The molecule has 0 fully saturated rings. The zero-order valence-corrected chi connectivity index (χ0v) is 9.43. The molecule has 0 saturated heterocycles. The minimum absolute atomic E-state index is 0.208. The monoisotopic (exact) mass is 216 g/mol. The van der Waals surface area contributed by atoms with E-state index >= 15 is 0 Å². The fourth-order valence-electron chi connectivity index (χ4n) is 1.61. The summed E-state index contributed by atoms with van der Waals surface area (Å²) in [4.78, 5) is 0. The molecule has 0 atom stereocenters. The highest BCUT2D eigenvalue weighted by Gasteiger charge is 2.00. The first-order valence-corrected chi connectivity index (χ1v) is 5.50. The van der Waals surface area contributed by atoms with Crippen LogP contribution < -0.4 is 0 Å². The highest BCUT2D eigenvalue weighted by molar-refractivity contribution is 5.61. The summed E-state index contributed by atoms with van der Waals surface area (Å²) in [6.45, 7) is 3.05. The zero-order valence-electron chi connectivity index (χ0n) is 9.43. The van der Waals surface area contributed by atoms with Crippen LogP contribution in [0, 0.1) is 6.92 Å². The van der Waals surface area contributed by atoms with Crippen LogP contribution in [-0.2, 0) is 6.54 Å². The second-order valence-electron chi connectivity index (χ2n) is 3.94. The van der Waals surface area contributed by atoms with Gasteiger partial charge in [0.1, 0.15) is 0 Å². The van der Waals surface area contributed by atoms with E-state index in [0.29, 0.717) is 0 Å². The maximum Gasteiger partial charge on any atom is 0.0568 e. The second kappa shape index (κ2) is 4.94. The Balaban J connectivity index is 2.15. The van der Waals surface area contributed by atoms with Gasteiger partial charge in [0.2, 0.25) is 0 Å². The molecule has 0 radical (unpaired) electrons. The molecule has 0 aliphatic rings. The van der Waals surface area contributed by atoms with Crippen molar-refractivity contribution in [2.75, 3.05) is 6.61 Å². The molecule has 0 spiro atoms. The third-order valence-electron chi connectivity index (χ3n) is 2.56. The zero-order chi connectivity index (χ0) is 11.4. The molecule has 0 amide bonds. The van der Waals surface area contributed by atoms with Crippen molar-refractivity contribution in [2.24, 2.45) is 0 Å². The van der Waals surface area contributed by atoms with Crippen molar-refractivity contribution in [3.05, 3.63) is 42.2 Å². The first kappa shape index (κ1) is 10.9. The number of nitrogens with zero attached hydrogens (tertiary/aromatic N) is 2. The quantitative estimate of drug-likeness (QED) is 0.851. The van der Waals surface area contributed by atoms with E-state index in [2.05, 4.69) is 36.3 Å². The molecule has 0 saturated carbocycles. The SMILES string of the molecule is Cc1ccc(-c2cnn(CCCO)c2)cc1. The Kier molecular flexibility index (Phi) is 3.37. The van der Waals surface area contributed by atoms with E-state index in [4.69, 9.17) is 5.11 Å². The number of aliphatic hydroxyl groups excluding tert-OH is 1. The average molecular weight is 216 g/mol. The smallest absolute Gasteiger partial charge is 0.0568 e. The van der Waals surface area contributed by atoms with Crippen molar-refractivity contribution < 1.29 is 5.11 Å². The molecule has 0 aliphatic heterocycles. The Morgan fingerprint density at radius 3 is 2.62 bits per heavy atom. The van der Waals surface area contributed by atoms with Crippen LogP contribution in [0.4, 0.5) is 0 Å². The number of hydrogen-bond acceptors (Lipinski definition) is 2. The molecule has 1 heterocycles. The molecule has 16 heavy (non-hydrogen) atoms. The van der Waals surface area contributed by atoms with E-state index in [-0.39, 0.29) is 6.61 Å². The van der Waals surface area contributed by atoms with E-state index in [1.807, 2.05) is 17.1 Å². The summed E-state index contributed by atoms with van der Waals surface area (Å²) in [6.07, 6.45) is 4.62. The molecule has 0 bridgehead atoms. The fourth-order valence-corrected chi connectivity index (χ4v) is 1.61. The number of aryl methyl sites for hydroxylation is 2. The van der Waals surface area contributed by atoms with Crippen molar-refractivity contribution in [1.82, 2.24) is 9.78 Å². The van der Waals surface area contributed by atoms with Gasteiger partial charge in [0.05, 0.1) is 6.20 Å². The normalized spacial score (nSPS) is 10.6. The average Bonchev–Trinajstić information content (AvgIpc) is 2.76. The lowest BCUT2D eigenvalue weighted by molar-refractivity contribution is 0.277. The largest absolute Gasteiger partial charge is 0.396 e. The van der Waals surface area contributed by atoms with Gasteiger partial charge in [-0.2, -0.15) is 5.10 Å². The van der Waals surface area contributed by atoms with Gasteiger partial charge in [0.15, 0.2) is 0 Å². The summed E-state index contributed by atoms with van der Waals surface area (Å²) in [7, 11) is 0. The number of aromatic nitrogens is 2. The molecule has 3 nitrogen and oxygen atoms in total. The van der Waals surface area contributed by atoms with Crippen molar-refractivity contribution in [3.63, 3.8) is 0 Å². The number of rotatable bonds is 4. The van der Waals surface area contributed by atoms with Crippen LogP contribution >= 0.6 is 0 Å². The van der Waals surface area contributed by atoms with Gasteiger partial charge in [-0.3, -0.25) is 4.68 Å². The number of aliphatic hydroxyl groups is 1. The lowest BCUT2D eigenvalue weighted by Crippen LogP contribution is -1.99. The van der Waals surface area contributed by atoms with Crippen molar-refractivity contribution in [3.8, 4) is 11.1 Å². The molecule has 2 aromatic rings. The summed E-state index contributed by atoms with van der Waals surface area (Å²) < 4.78 is 1.87. The molecular formula is C13H16N2O. The molecule has 0 unspecified atom stereocenters. The van der Waals surface area contributed by atoms with Gasteiger partial charge in [-0.25, -0.2) is 0 Å². The summed E-state index contributed by atoms with van der Waals surface area (Å²) in [5, 5.41) is 13.0. The van der Waals surface area contributed by atoms with E-state index < -0.39 is 0 Å². The van der Waals surface area contributed by atoms with Gasteiger partial charge < -0.3 is 5.11 Å². The third-order valence-corrected chi connectivity index (χ3v) is 2.56. The van der Waals surface area contributed by atoms with Crippen molar-refractivity contribution >= 4 is 0 Å². The lowest BCUT2D eigenvalue weighted by atomic mass is 10.1. The van der Waals surface area contributed by atoms with Crippen LogP contribution in [0.25, 0.3) is 11.1 Å². The third kappa shape index (κ3) is 2.49. The van der Waals surface area contributed by atoms with E-state index in [1.54, 1.807) is 0 Å².